The summed E-state index contributed by atoms with van der Waals surface area (Å²) in [5, 5.41) is 1.91. The molecule has 0 N–H and O–H groups in total. The Hall–Kier alpha value is -3.57. The summed E-state index contributed by atoms with van der Waals surface area (Å²) in [6.07, 6.45) is 1.88. The average molecular weight is 495 g/mol. The topological polar surface area (TPSA) is 39.7 Å². The van der Waals surface area contributed by atoms with Crippen LogP contribution in [-0.2, 0) is 13.0 Å². The molecule has 0 spiro atoms. The van der Waals surface area contributed by atoms with Crippen molar-refractivity contribution in [1.82, 2.24) is 9.88 Å². The minimum absolute atomic E-state index is 0.152. The summed E-state index contributed by atoms with van der Waals surface area (Å²) < 4.78 is 0. The van der Waals surface area contributed by atoms with E-state index in [-0.39, 0.29) is 5.91 Å². The largest absolute Gasteiger partial charge is 0.365 e. The minimum Gasteiger partial charge on any atom is -0.365 e. The molecular formula is C30H27ClN4O. The maximum atomic E-state index is 13.6. The van der Waals surface area contributed by atoms with Crippen LogP contribution >= 0.6 is 11.6 Å². The molecule has 0 saturated carbocycles. The molecule has 1 aromatic heterocycles. The van der Waals surface area contributed by atoms with Gasteiger partial charge in [-0.1, -0.05) is 48.0 Å². The Labute approximate surface area is 215 Å². The first-order valence-corrected chi connectivity index (χ1v) is 13.1. The highest BCUT2D eigenvalue weighted by atomic mass is 35.5. The van der Waals surface area contributed by atoms with Gasteiger partial charge in [-0.3, -0.25) is 9.78 Å². The molecule has 2 bridgehead atoms. The maximum absolute atomic E-state index is 13.6. The lowest BCUT2D eigenvalue weighted by Gasteiger charge is -2.37. The number of anilines is 2. The Kier molecular flexibility index (Phi) is 5.14. The van der Waals surface area contributed by atoms with Crippen LogP contribution in [0, 0.1) is 0 Å². The molecular weight excluding hydrogens is 468 g/mol. The smallest absolute Gasteiger partial charge is 0.256 e. The molecule has 0 aliphatic carbocycles. The summed E-state index contributed by atoms with van der Waals surface area (Å²) >= 11 is 6.09. The third-order valence-electron chi connectivity index (χ3n) is 7.99. The number of fused-ring (bicyclic) bond motifs is 4. The molecule has 6 heteroatoms. The van der Waals surface area contributed by atoms with Gasteiger partial charge in [-0.05, 0) is 54.4 Å². The first-order chi connectivity index (χ1) is 17.6. The van der Waals surface area contributed by atoms with Crippen molar-refractivity contribution in [2.75, 3.05) is 29.4 Å². The van der Waals surface area contributed by atoms with E-state index in [1.165, 1.54) is 5.69 Å². The number of piperazine rings is 1. The molecule has 4 aromatic rings. The van der Waals surface area contributed by atoms with Gasteiger partial charge >= 0.3 is 0 Å². The Morgan fingerprint density at radius 2 is 1.67 bits per heavy atom. The van der Waals surface area contributed by atoms with Gasteiger partial charge in [0, 0.05) is 66.5 Å². The number of benzene rings is 3. The molecule has 0 unspecified atom stereocenters. The zero-order valence-corrected chi connectivity index (χ0v) is 20.7. The molecule has 36 heavy (non-hydrogen) atoms. The van der Waals surface area contributed by atoms with Gasteiger partial charge in [0.15, 0.2) is 0 Å². The lowest BCUT2D eigenvalue weighted by molar-refractivity contribution is 0.0780. The predicted octanol–water partition coefficient (Wildman–Crippen LogP) is 5.55. The van der Waals surface area contributed by atoms with E-state index in [2.05, 4.69) is 58.3 Å². The Morgan fingerprint density at radius 3 is 2.50 bits per heavy atom. The molecule has 5 nitrogen and oxygen atoms in total. The third kappa shape index (κ3) is 3.61. The van der Waals surface area contributed by atoms with Gasteiger partial charge < -0.3 is 14.7 Å². The highest BCUT2D eigenvalue weighted by Gasteiger charge is 2.45. The lowest BCUT2D eigenvalue weighted by Crippen LogP contribution is -2.47. The van der Waals surface area contributed by atoms with Gasteiger partial charge in [-0.2, -0.15) is 0 Å². The number of aromatic nitrogens is 1. The fourth-order valence-electron chi connectivity index (χ4n) is 6.23. The van der Waals surface area contributed by atoms with Gasteiger partial charge in [-0.25, -0.2) is 0 Å². The number of hydrogen-bond donors (Lipinski definition) is 0. The Bertz CT molecular complexity index is 1470. The van der Waals surface area contributed by atoms with Gasteiger partial charge in [0.05, 0.1) is 16.8 Å². The summed E-state index contributed by atoms with van der Waals surface area (Å²) in [5.41, 5.74) is 6.40. The number of carbonyl (C=O) groups is 1. The van der Waals surface area contributed by atoms with E-state index in [9.17, 15) is 4.79 Å². The fraction of sp³-hybridized carbons (Fsp3) is 0.267. The highest BCUT2D eigenvalue weighted by Crippen LogP contribution is 2.41. The minimum atomic E-state index is 0.152. The predicted molar refractivity (Wildman–Crippen MR) is 145 cm³/mol. The van der Waals surface area contributed by atoms with E-state index in [0.29, 0.717) is 25.2 Å². The van der Waals surface area contributed by atoms with Crippen LogP contribution in [0.4, 0.5) is 11.4 Å². The quantitative estimate of drug-likeness (QED) is 0.364. The lowest BCUT2D eigenvalue weighted by atomic mass is 10.1. The molecule has 2 saturated heterocycles. The maximum Gasteiger partial charge on any atom is 0.256 e. The first kappa shape index (κ1) is 21.7. The summed E-state index contributed by atoms with van der Waals surface area (Å²) in [5.74, 6) is 0.152. The van der Waals surface area contributed by atoms with E-state index < -0.39 is 0 Å². The van der Waals surface area contributed by atoms with Crippen molar-refractivity contribution in [2.45, 2.75) is 31.5 Å². The van der Waals surface area contributed by atoms with Gasteiger partial charge in [0.2, 0.25) is 0 Å². The van der Waals surface area contributed by atoms with Crippen molar-refractivity contribution in [1.29, 1.82) is 0 Å². The second-order valence-corrected chi connectivity index (χ2v) is 10.5. The Morgan fingerprint density at radius 1 is 0.861 bits per heavy atom. The van der Waals surface area contributed by atoms with Crippen molar-refractivity contribution >= 4 is 39.8 Å². The second-order valence-electron chi connectivity index (χ2n) is 10.1. The summed E-state index contributed by atoms with van der Waals surface area (Å²) in [6.45, 7) is 3.27. The number of para-hydroxylation sites is 1. The molecule has 7 rings (SSSR count). The number of pyridine rings is 1. The third-order valence-corrected chi connectivity index (χ3v) is 8.25. The molecule has 4 heterocycles. The van der Waals surface area contributed by atoms with E-state index >= 15 is 0 Å². The molecule has 0 radical (unpaired) electrons. The molecule has 180 valence electrons. The van der Waals surface area contributed by atoms with Gasteiger partial charge in [0.25, 0.3) is 5.91 Å². The van der Waals surface area contributed by atoms with Crippen LogP contribution in [0.1, 0.15) is 28.0 Å². The number of halogens is 1. The standard InChI is InChI=1S/C30H27ClN4O/c31-22-9-12-24(13-10-22)34-18-26-16-25(34)19-35(26)28-7-3-5-21-17-33(30(36)29(21)28)15-14-23-11-8-20-4-1-2-6-27(20)32-23/h1-13,25-26H,14-19H2/t25-,26-/m0/s1. The van der Waals surface area contributed by atoms with Crippen molar-refractivity contribution in [3.63, 3.8) is 0 Å². The number of amides is 1. The SMILES string of the molecule is O=C1c2c(cccc2N2C[C@@H]3C[C@H]2CN3c2ccc(Cl)cc2)CN1CCc1ccc2ccccc2n1. The molecule has 1 amide bonds. The average Bonchev–Trinajstić information content (AvgIpc) is 3.61. The van der Waals surface area contributed by atoms with Crippen LogP contribution in [0.25, 0.3) is 10.9 Å². The molecule has 2 fully saturated rings. The van der Waals surface area contributed by atoms with E-state index in [4.69, 9.17) is 16.6 Å². The number of rotatable bonds is 5. The number of hydrogen-bond acceptors (Lipinski definition) is 4. The van der Waals surface area contributed by atoms with E-state index in [0.717, 1.165) is 64.4 Å². The van der Waals surface area contributed by atoms with Crippen LogP contribution in [-0.4, -0.2) is 47.5 Å². The normalized spacial score (nSPS) is 20.6. The van der Waals surface area contributed by atoms with Crippen LogP contribution in [0.2, 0.25) is 5.02 Å². The van der Waals surface area contributed by atoms with Crippen molar-refractivity contribution in [2.24, 2.45) is 0 Å². The molecule has 3 aromatic carbocycles. The fourth-order valence-corrected chi connectivity index (χ4v) is 6.35. The summed E-state index contributed by atoms with van der Waals surface area (Å²) in [4.78, 5) is 25.3. The molecule has 2 atom stereocenters. The first-order valence-electron chi connectivity index (χ1n) is 12.7. The van der Waals surface area contributed by atoms with Gasteiger partial charge in [-0.15, -0.1) is 0 Å². The second kappa shape index (κ2) is 8.52. The zero-order valence-electron chi connectivity index (χ0n) is 20.0. The van der Waals surface area contributed by atoms with Crippen LogP contribution in [0.5, 0.6) is 0 Å². The van der Waals surface area contributed by atoms with E-state index in [1.807, 2.05) is 35.2 Å². The summed E-state index contributed by atoms with van der Waals surface area (Å²) in [6, 6.07) is 27.7. The van der Waals surface area contributed by atoms with Crippen LogP contribution in [0.15, 0.2) is 78.9 Å². The number of nitrogens with zero attached hydrogens (tertiary/aromatic N) is 4. The van der Waals surface area contributed by atoms with Crippen LogP contribution < -0.4 is 9.80 Å². The zero-order chi connectivity index (χ0) is 24.2. The Balaban J connectivity index is 1.07. The van der Waals surface area contributed by atoms with Crippen molar-refractivity contribution < 1.29 is 4.79 Å². The summed E-state index contributed by atoms with van der Waals surface area (Å²) in [7, 11) is 0. The number of carbonyl (C=O) groups excluding carboxylic acids is 1. The van der Waals surface area contributed by atoms with Crippen molar-refractivity contribution in [3.8, 4) is 0 Å². The monoisotopic (exact) mass is 494 g/mol. The van der Waals surface area contributed by atoms with E-state index in [1.54, 1.807) is 0 Å². The van der Waals surface area contributed by atoms with Crippen molar-refractivity contribution in [3.05, 3.63) is 101 Å². The highest BCUT2D eigenvalue weighted by molar-refractivity contribution is 6.30. The molecule has 3 aliphatic heterocycles. The molecule has 3 aliphatic rings. The van der Waals surface area contributed by atoms with Gasteiger partial charge in [0.1, 0.15) is 0 Å². The van der Waals surface area contributed by atoms with Crippen LogP contribution in [0.3, 0.4) is 0 Å².